The molecule has 1 heterocycles. The summed E-state index contributed by atoms with van der Waals surface area (Å²) in [4.78, 5) is 0. The predicted octanol–water partition coefficient (Wildman–Crippen LogP) is 2.07. The number of hydrogen-bond donors (Lipinski definition) is 1. The number of nitrogens with zero attached hydrogens (tertiary/aromatic N) is 2. The van der Waals surface area contributed by atoms with Crippen molar-refractivity contribution in [2.45, 2.75) is 20.3 Å². The van der Waals surface area contributed by atoms with Crippen molar-refractivity contribution < 1.29 is 0 Å². The van der Waals surface area contributed by atoms with E-state index in [1.807, 2.05) is 24.0 Å². The first-order valence-electron chi connectivity index (χ1n) is 5.55. The maximum Gasteiger partial charge on any atom is 0.0847 e. The van der Waals surface area contributed by atoms with Crippen molar-refractivity contribution in [2.75, 3.05) is 13.1 Å². The van der Waals surface area contributed by atoms with Gasteiger partial charge in [0.25, 0.3) is 0 Å². The fourth-order valence-corrected chi connectivity index (χ4v) is 1.30. The molecule has 0 fully saturated rings. The number of nitrogens with one attached hydrogen (secondary N) is 1. The summed E-state index contributed by atoms with van der Waals surface area (Å²) in [6.07, 6.45) is 7.24. The van der Waals surface area contributed by atoms with Crippen LogP contribution >= 0.6 is 0 Å². The molecule has 0 saturated carbocycles. The van der Waals surface area contributed by atoms with E-state index in [1.54, 1.807) is 0 Å². The van der Waals surface area contributed by atoms with E-state index in [0.717, 1.165) is 31.1 Å². The standard InChI is InChI=1S/C12H21N3/c1-11(2)10-13-8-5-4-6-12-7-9-15(3)14-12/h4,6-7,9,11,13H,5,8,10H2,1-3H3/b6-4+. The SMILES string of the molecule is CC(C)CNCC/C=C/c1ccn(C)n1. The van der Waals surface area contributed by atoms with Crippen LogP contribution in [-0.4, -0.2) is 22.9 Å². The summed E-state index contributed by atoms with van der Waals surface area (Å²) in [7, 11) is 1.93. The molecular weight excluding hydrogens is 186 g/mol. The second-order valence-electron chi connectivity index (χ2n) is 4.20. The van der Waals surface area contributed by atoms with Gasteiger partial charge in [-0.25, -0.2) is 0 Å². The molecule has 0 bridgehead atoms. The summed E-state index contributed by atoms with van der Waals surface area (Å²) in [5.41, 5.74) is 1.03. The minimum atomic E-state index is 0.727. The van der Waals surface area contributed by atoms with Gasteiger partial charge in [-0.15, -0.1) is 0 Å². The van der Waals surface area contributed by atoms with E-state index in [4.69, 9.17) is 0 Å². The highest BCUT2D eigenvalue weighted by Crippen LogP contribution is 1.97. The van der Waals surface area contributed by atoms with Gasteiger partial charge in [0.2, 0.25) is 0 Å². The van der Waals surface area contributed by atoms with Crippen molar-refractivity contribution in [2.24, 2.45) is 13.0 Å². The highest BCUT2D eigenvalue weighted by atomic mass is 15.2. The Labute approximate surface area is 92.2 Å². The Morgan fingerprint density at radius 3 is 2.93 bits per heavy atom. The van der Waals surface area contributed by atoms with E-state index < -0.39 is 0 Å². The molecule has 1 aromatic rings. The highest BCUT2D eigenvalue weighted by molar-refractivity contribution is 5.43. The van der Waals surface area contributed by atoms with E-state index in [9.17, 15) is 0 Å². The summed E-state index contributed by atoms with van der Waals surface area (Å²) in [5, 5.41) is 7.67. The molecule has 3 heteroatoms. The fraction of sp³-hybridized carbons (Fsp3) is 0.583. The van der Waals surface area contributed by atoms with Gasteiger partial charge in [-0.05, 0) is 37.6 Å². The second-order valence-corrected chi connectivity index (χ2v) is 4.20. The van der Waals surface area contributed by atoms with Crippen molar-refractivity contribution in [1.29, 1.82) is 0 Å². The average molecular weight is 207 g/mol. The molecule has 15 heavy (non-hydrogen) atoms. The summed E-state index contributed by atoms with van der Waals surface area (Å²) in [5.74, 6) is 0.727. The van der Waals surface area contributed by atoms with Crippen LogP contribution in [0, 0.1) is 5.92 Å². The third-order valence-electron chi connectivity index (χ3n) is 2.06. The molecule has 0 amide bonds. The maximum absolute atomic E-state index is 4.27. The van der Waals surface area contributed by atoms with Crippen LogP contribution in [0.1, 0.15) is 26.0 Å². The minimum absolute atomic E-state index is 0.727. The van der Waals surface area contributed by atoms with E-state index >= 15 is 0 Å². The molecule has 0 radical (unpaired) electrons. The Morgan fingerprint density at radius 2 is 2.33 bits per heavy atom. The van der Waals surface area contributed by atoms with Crippen LogP contribution in [-0.2, 0) is 7.05 Å². The molecule has 1 N–H and O–H groups in total. The zero-order chi connectivity index (χ0) is 11.1. The first-order valence-corrected chi connectivity index (χ1v) is 5.55. The van der Waals surface area contributed by atoms with Crippen LogP contribution in [0.3, 0.4) is 0 Å². The van der Waals surface area contributed by atoms with Gasteiger partial charge < -0.3 is 5.32 Å². The first kappa shape index (κ1) is 12.0. The van der Waals surface area contributed by atoms with Crippen LogP contribution in [0.5, 0.6) is 0 Å². The Bertz CT molecular complexity index is 300. The van der Waals surface area contributed by atoms with E-state index in [2.05, 4.69) is 36.4 Å². The lowest BCUT2D eigenvalue weighted by molar-refractivity contribution is 0.557. The van der Waals surface area contributed by atoms with Crippen molar-refractivity contribution in [3.63, 3.8) is 0 Å². The van der Waals surface area contributed by atoms with E-state index in [0.29, 0.717) is 0 Å². The number of hydrogen-bond acceptors (Lipinski definition) is 2. The molecule has 1 rings (SSSR count). The van der Waals surface area contributed by atoms with Gasteiger partial charge in [-0.1, -0.05) is 19.9 Å². The lowest BCUT2D eigenvalue weighted by Gasteiger charge is -2.04. The molecule has 0 spiro atoms. The van der Waals surface area contributed by atoms with Gasteiger partial charge >= 0.3 is 0 Å². The second kappa shape index (κ2) is 6.40. The molecule has 0 aromatic carbocycles. The van der Waals surface area contributed by atoms with Crippen LogP contribution in [0.2, 0.25) is 0 Å². The maximum atomic E-state index is 4.27. The highest BCUT2D eigenvalue weighted by Gasteiger charge is 1.91. The van der Waals surface area contributed by atoms with Gasteiger partial charge in [0, 0.05) is 13.2 Å². The number of aromatic nitrogens is 2. The predicted molar refractivity (Wildman–Crippen MR) is 64.6 cm³/mol. The van der Waals surface area contributed by atoms with Gasteiger partial charge in [0.1, 0.15) is 0 Å². The largest absolute Gasteiger partial charge is 0.316 e. The Kier molecular flexibility index (Phi) is 5.12. The monoisotopic (exact) mass is 207 g/mol. The summed E-state index contributed by atoms with van der Waals surface area (Å²) < 4.78 is 1.82. The normalized spacial score (nSPS) is 11.7. The molecule has 0 aliphatic heterocycles. The van der Waals surface area contributed by atoms with Crippen LogP contribution < -0.4 is 5.32 Å². The quantitative estimate of drug-likeness (QED) is 0.724. The van der Waals surface area contributed by atoms with Gasteiger partial charge in [-0.2, -0.15) is 5.10 Å². The first-order chi connectivity index (χ1) is 7.18. The summed E-state index contributed by atoms with van der Waals surface area (Å²) >= 11 is 0. The van der Waals surface area contributed by atoms with Crippen molar-refractivity contribution >= 4 is 6.08 Å². The third-order valence-corrected chi connectivity index (χ3v) is 2.06. The van der Waals surface area contributed by atoms with E-state index in [1.165, 1.54) is 0 Å². The molecule has 84 valence electrons. The van der Waals surface area contributed by atoms with Crippen molar-refractivity contribution in [3.8, 4) is 0 Å². The average Bonchev–Trinajstić information content (AvgIpc) is 2.57. The van der Waals surface area contributed by atoms with Crippen LogP contribution in [0.15, 0.2) is 18.3 Å². The number of aryl methyl sites for hydroxylation is 1. The summed E-state index contributed by atoms with van der Waals surface area (Å²) in [6.45, 7) is 6.58. The molecule has 0 aliphatic rings. The molecule has 0 atom stereocenters. The fourth-order valence-electron chi connectivity index (χ4n) is 1.30. The van der Waals surface area contributed by atoms with E-state index in [-0.39, 0.29) is 0 Å². The molecule has 0 unspecified atom stereocenters. The molecule has 0 saturated heterocycles. The molecule has 1 aromatic heterocycles. The lowest BCUT2D eigenvalue weighted by atomic mass is 10.2. The molecule has 3 nitrogen and oxygen atoms in total. The molecular formula is C12H21N3. The van der Waals surface area contributed by atoms with Crippen molar-refractivity contribution in [3.05, 3.63) is 24.0 Å². The topological polar surface area (TPSA) is 29.9 Å². The Balaban J connectivity index is 2.12. The van der Waals surface area contributed by atoms with Gasteiger partial charge in [0.05, 0.1) is 5.69 Å². The van der Waals surface area contributed by atoms with Gasteiger partial charge in [-0.3, -0.25) is 4.68 Å². The molecule has 0 aliphatic carbocycles. The van der Waals surface area contributed by atoms with Crippen molar-refractivity contribution in [1.82, 2.24) is 15.1 Å². The number of rotatable bonds is 6. The third kappa shape index (κ3) is 5.37. The smallest absolute Gasteiger partial charge is 0.0847 e. The lowest BCUT2D eigenvalue weighted by Crippen LogP contribution is -2.20. The van der Waals surface area contributed by atoms with Gasteiger partial charge in [0.15, 0.2) is 0 Å². The Morgan fingerprint density at radius 1 is 1.53 bits per heavy atom. The van der Waals surface area contributed by atoms with Crippen LogP contribution in [0.4, 0.5) is 0 Å². The minimum Gasteiger partial charge on any atom is -0.316 e. The summed E-state index contributed by atoms with van der Waals surface area (Å²) in [6, 6.07) is 2.01. The Hall–Kier alpha value is -1.09. The zero-order valence-corrected chi connectivity index (χ0v) is 9.90. The van der Waals surface area contributed by atoms with Crippen LogP contribution in [0.25, 0.3) is 6.08 Å². The zero-order valence-electron chi connectivity index (χ0n) is 9.90.